The summed E-state index contributed by atoms with van der Waals surface area (Å²) in [4.78, 5) is 0.299. The number of benzene rings is 1. The molecule has 0 spiro atoms. The maximum atomic E-state index is 11.6. The summed E-state index contributed by atoms with van der Waals surface area (Å²) in [5, 5.41) is 3.42. The molecule has 0 radical (unpaired) electrons. The SMILES string of the molecule is CNS(=O)(=O)c1ccc(NCC2CC3C=CC2C3)cc1. The molecule has 1 aromatic carbocycles. The van der Waals surface area contributed by atoms with Crippen molar-refractivity contribution < 1.29 is 8.42 Å². The van der Waals surface area contributed by atoms with Crippen LogP contribution in [0.25, 0.3) is 0 Å². The zero-order chi connectivity index (χ0) is 14.2. The predicted octanol–water partition coefficient (Wildman–Crippen LogP) is 2.22. The van der Waals surface area contributed by atoms with Crippen LogP contribution < -0.4 is 10.0 Å². The Labute approximate surface area is 120 Å². The van der Waals surface area contributed by atoms with Crippen LogP contribution >= 0.6 is 0 Å². The zero-order valence-electron chi connectivity index (χ0n) is 11.5. The molecule has 5 heteroatoms. The molecule has 2 aliphatic carbocycles. The third-order valence-corrected chi connectivity index (χ3v) is 5.85. The molecule has 20 heavy (non-hydrogen) atoms. The Hall–Kier alpha value is -1.33. The summed E-state index contributed by atoms with van der Waals surface area (Å²) in [6.07, 6.45) is 7.29. The van der Waals surface area contributed by atoms with Crippen molar-refractivity contribution in [2.45, 2.75) is 17.7 Å². The summed E-state index contributed by atoms with van der Waals surface area (Å²) in [7, 11) is -1.92. The molecule has 2 bridgehead atoms. The van der Waals surface area contributed by atoms with E-state index in [0.29, 0.717) is 10.8 Å². The second-order valence-electron chi connectivity index (χ2n) is 5.65. The molecule has 3 unspecified atom stereocenters. The average Bonchev–Trinajstić information content (AvgIpc) is 3.08. The highest BCUT2D eigenvalue weighted by Gasteiger charge is 2.35. The molecule has 108 valence electrons. The van der Waals surface area contributed by atoms with E-state index in [-0.39, 0.29) is 0 Å². The zero-order valence-corrected chi connectivity index (χ0v) is 12.4. The number of anilines is 1. The molecule has 3 rings (SSSR count). The minimum Gasteiger partial charge on any atom is -0.385 e. The Balaban J connectivity index is 1.60. The first-order chi connectivity index (χ1) is 9.58. The van der Waals surface area contributed by atoms with Crippen LogP contribution in [0.15, 0.2) is 41.3 Å². The van der Waals surface area contributed by atoms with Crippen LogP contribution in [-0.2, 0) is 10.0 Å². The van der Waals surface area contributed by atoms with E-state index in [1.807, 2.05) is 12.1 Å². The van der Waals surface area contributed by atoms with E-state index in [1.165, 1.54) is 19.9 Å². The van der Waals surface area contributed by atoms with E-state index in [9.17, 15) is 8.42 Å². The van der Waals surface area contributed by atoms with E-state index in [1.54, 1.807) is 12.1 Å². The van der Waals surface area contributed by atoms with Crippen LogP contribution in [0.4, 0.5) is 5.69 Å². The lowest BCUT2D eigenvalue weighted by Crippen LogP contribution is -2.19. The van der Waals surface area contributed by atoms with Gasteiger partial charge in [0.05, 0.1) is 4.90 Å². The van der Waals surface area contributed by atoms with E-state index in [2.05, 4.69) is 22.2 Å². The van der Waals surface area contributed by atoms with Crippen molar-refractivity contribution in [1.29, 1.82) is 0 Å². The molecule has 0 saturated heterocycles. The Morgan fingerprint density at radius 3 is 2.45 bits per heavy atom. The van der Waals surface area contributed by atoms with E-state index >= 15 is 0 Å². The number of rotatable bonds is 5. The molecular formula is C15H20N2O2S. The number of fused-ring (bicyclic) bond motifs is 2. The summed E-state index contributed by atoms with van der Waals surface area (Å²) in [5.74, 6) is 2.23. The standard InChI is InChI=1S/C15H20N2O2S/c1-16-20(18,19)15-6-4-14(5-7-15)17-10-13-9-11-2-3-12(13)8-11/h2-7,11-13,16-17H,8-10H2,1H3. The van der Waals surface area contributed by atoms with Gasteiger partial charge in [-0.1, -0.05) is 12.2 Å². The lowest BCUT2D eigenvalue weighted by Gasteiger charge is -2.19. The summed E-state index contributed by atoms with van der Waals surface area (Å²) in [6.45, 7) is 0.962. The number of hydrogen-bond donors (Lipinski definition) is 2. The Kier molecular flexibility index (Phi) is 3.56. The minimum absolute atomic E-state index is 0.299. The van der Waals surface area contributed by atoms with Gasteiger partial charge in [-0.15, -0.1) is 0 Å². The largest absolute Gasteiger partial charge is 0.385 e. The van der Waals surface area contributed by atoms with Gasteiger partial charge in [0, 0.05) is 12.2 Å². The minimum atomic E-state index is -3.34. The molecule has 0 aromatic heterocycles. The van der Waals surface area contributed by atoms with Gasteiger partial charge in [-0.05, 0) is 61.9 Å². The van der Waals surface area contributed by atoms with Crippen LogP contribution in [-0.4, -0.2) is 22.0 Å². The van der Waals surface area contributed by atoms with E-state index in [4.69, 9.17) is 0 Å². The quantitative estimate of drug-likeness (QED) is 0.818. The third kappa shape index (κ3) is 2.60. The van der Waals surface area contributed by atoms with Crippen molar-refractivity contribution in [1.82, 2.24) is 4.72 Å². The second-order valence-corrected chi connectivity index (χ2v) is 7.54. The molecule has 4 nitrogen and oxygen atoms in total. The molecule has 3 atom stereocenters. The predicted molar refractivity (Wildman–Crippen MR) is 80.0 cm³/mol. The van der Waals surface area contributed by atoms with Crippen molar-refractivity contribution in [3.8, 4) is 0 Å². The number of nitrogens with one attached hydrogen (secondary N) is 2. The van der Waals surface area contributed by atoms with Crippen LogP contribution in [0.3, 0.4) is 0 Å². The Morgan fingerprint density at radius 1 is 1.15 bits per heavy atom. The van der Waals surface area contributed by atoms with Crippen molar-refractivity contribution in [2.75, 3.05) is 18.9 Å². The molecule has 2 N–H and O–H groups in total. The molecule has 1 aromatic rings. The monoisotopic (exact) mass is 292 g/mol. The van der Waals surface area contributed by atoms with Gasteiger partial charge in [-0.2, -0.15) is 0 Å². The van der Waals surface area contributed by atoms with Gasteiger partial charge in [-0.3, -0.25) is 0 Å². The third-order valence-electron chi connectivity index (χ3n) is 4.42. The van der Waals surface area contributed by atoms with E-state index in [0.717, 1.165) is 24.1 Å². The normalized spacial score (nSPS) is 27.9. The molecule has 2 aliphatic rings. The highest BCUT2D eigenvalue weighted by molar-refractivity contribution is 7.89. The smallest absolute Gasteiger partial charge is 0.240 e. The van der Waals surface area contributed by atoms with Crippen LogP contribution in [0.5, 0.6) is 0 Å². The molecule has 1 fully saturated rings. The fourth-order valence-electron chi connectivity index (χ4n) is 3.25. The molecule has 0 aliphatic heterocycles. The van der Waals surface area contributed by atoms with Crippen LogP contribution in [0, 0.1) is 17.8 Å². The lowest BCUT2D eigenvalue weighted by atomic mass is 9.93. The van der Waals surface area contributed by atoms with Gasteiger partial charge in [0.25, 0.3) is 0 Å². The van der Waals surface area contributed by atoms with Crippen LogP contribution in [0.2, 0.25) is 0 Å². The van der Waals surface area contributed by atoms with Crippen LogP contribution in [0.1, 0.15) is 12.8 Å². The highest BCUT2D eigenvalue weighted by atomic mass is 32.2. The van der Waals surface area contributed by atoms with Gasteiger partial charge < -0.3 is 5.32 Å². The molecule has 0 amide bonds. The van der Waals surface area contributed by atoms with Crippen molar-refractivity contribution in [3.63, 3.8) is 0 Å². The summed E-state index contributed by atoms with van der Waals surface area (Å²) in [6, 6.07) is 6.92. The second kappa shape index (κ2) is 5.22. The van der Waals surface area contributed by atoms with Gasteiger partial charge in [0.15, 0.2) is 0 Å². The van der Waals surface area contributed by atoms with Crippen molar-refractivity contribution >= 4 is 15.7 Å². The van der Waals surface area contributed by atoms with Gasteiger partial charge in [-0.25, -0.2) is 13.1 Å². The fraction of sp³-hybridized carbons (Fsp3) is 0.467. The van der Waals surface area contributed by atoms with Gasteiger partial charge in [0.2, 0.25) is 10.0 Å². The molecule has 0 heterocycles. The topological polar surface area (TPSA) is 58.2 Å². The first-order valence-corrected chi connectivity index (χ1v) is 8.52. The summed E-state index contributed by atoms with van der Waals surface area (Å²) >= 11 is 0. The maximum absolute atomic E-state index is 11.6. The first kappa shape index (κ1) is 13.6. The fourth-order valence-corrected chi connectivity index (χ4v) is 3.98. The van der Waals surface area contributed by atoms with Gasteiger partial charge >= 0.3 is 0 Å². The summed E-state index contributed by atoms with van der Waals surface area (Å²) in [5.41, 5.74) is 0.979. The summed E-state index contributed by atoms with van der Waals surface area (Å²) < 4.78 is 25.6. The number of hydrogen-bond acceptors (Lipinski definition) is 3. The van der Waals surface area contributed by atoms with E-state index < -0.39 is 10.0 Å². The van der Waals surface area contributed by atoms with Crippen molar-refractivity contribution in [3.05, 3.63) is 36.4 Å². The number of sulfonamides is 1. The van der Waals surface area contributed by atoms with Gasteiger partial charge in [0.1, 0.15) is 0 Å². The molecular weight excluding hydrogens is 272 g/mol. The Morgan fingerprint density at radius 2 is 1.90 bits per heavy atom. The molecule has 1 saturated carbocycles. The van der Waals surface area contributed by atoms with Crippen molar-refractivity contribution in [2.24, 2.45) is 17.8 Å². The highest BCUT2D eigenvalue weighted by Crippen LogP contribution is 2.43. The lowest BCUT2D eigenvalue weighted by molar-refractivity contribution is 0.472. The maximum Gasteiger partial charge on any atom is 0.240 e. The Bertz CT molecular complexity index is 607. The average molecular weight is 292 g/mol. The first-order valence-electron chi connectivity index (χ1n) is 7.04. The number of allylic oxidation sites excluding steroid dienone is 2.